The molecule has 0 aliphatic carbocycles. The van der Waals surface area contributed by atoms with E-state index in [1.165, 1.54) is 24.3 Å². The van der Waals surface area contributed by atoms with Crippen molar-refractivity contribution in [2.75, 3.05) is 4.72 Å². The predicted octanol–water partition coefficient (Wildman–Crippen LogP) is 1.61. The van der Waals surface area contributed by atoms with Crippen molar-refractivity contribution in [3.05, 3.63) is 47.2 Å². The number of benzene rings is 1. The van der Waals surface area contributed by atoms with Gasteiger partial charge in [0.1, 0.15) is 0 Å². The Hall–Kier alpha value is -2.35. The summed E-state index contributed by atoms with van der Waals surface area (Å²) in [6, 6.07) is 7.33. The van der Waals surface area contributed by atoms with Crippen LogP contribution < -0.4 is 4.72 Å². The van der Waals surface area contributed by atoms with Crippen molar-refractivity contribution >= 4 is 21.8 Å². The molecule has 2 aromatic rings. The Balaban J connectivity index is 2.08. The van der Waals surface area contributed by atoms with Gasteiger partial charge in [0.05, 0.1) is 11.3 Å². The van der Waals surface area contributed by atoms with E-state index in [0.29, 0.717) is 5.56 Å². The molecule has 8 heteroatoms. The van der Waals surface area contributed by atoms with Gasteiger partial charge in [0, 0.05) is 11.8 Å². The fourth-order valence-electron chi connectivity index (χ4n) is 1.75. The SMILES string of the molecule is CCc1cc(NS(=O)(=O)Cc2ccc(C(=O)O)cc2)n[nH]1. The van der Waals surface area contributed by atoms with E-state index in [1.54, 1.807) is 6.07 Å². The van der Waals surface area contributed by atoms with Crippen molar-refractivity contribution in [2.24, 2.45) is 0 Å². The average molecular weight is 309 g/mol. The molecule has 1 aromatic carbocycles. The summed E-state index contributed by atoms with van der Waals surface area (Å²) < 4.78 is 26.4. The van der Waals surface area contributed by atoms with Crippen LogP contribution in [-0.4, -0.2) is 29.7 Å². The first kappa shape index (κ1) is 15.0. The molecule has 0 saturated carbocycles. The number of anilines is 1. The maximum atomic E-state index is 12.0. The molecule has 0 amide bonds. The monoisotopic (exact) mass is 309 g/mol. The Morgan fingerprint density at radius 3 is 2.52 bits per heavy atom. The summed E-state index contributed by atoms with van der Waals surface area (Å²) in [6.45, 7) is 1.93. The molecule has 0 aliphatic rings. The highest BCUT2D eigenvalue weighted by atomic mass is 32.2. The molecule has 112 valence electrons. The van der Waals surface area contributed by atoms with Crippen LogP contribution in [0.15, 0.2) is 30.3 Å². The highest BCUT2D eigenvalue weighted by Crippen LogP contribution is 2.13. The Morgan fingerprint density at radius 2 is 2.00 bits per heavy atom. The van der Waals surface area contributed by atoms with Crippen molar-refractivity contribution in [3.63, 3.8) is 0 Å². The maximum absolute atomic E-state index is 12.0. The molecule has 0 aliphatic heterocycles. The van der Waals surface area contributed by atoms with E-state index in [4.69, 9.17) is 5.11 Å². The molecule has 1 heterocycles. The van der Waals surface area contributed by atoms with Crippen LogP contribution in [0, 0.1) is 0 Å². The fourth-order valence-corrected chi connectivity index (χ4v) is 2.88. The second-order valence-electron chi connectivity index (χ2n) is 4.50. The largest absolute Gasteiger partial charge is 0.478 e. The minimum atomic E-state index is -3.60. The van der Waals surface area contributed by atoms with E-state index in [1.807, 2.05) is 6.92 Å². The number of aromatic carboxylic acids is 1. The highest BCUT2D eigenvalue weighted by molar-refractivity contribution is 7.91. The second kappa shape index (κ2) is 5.96. The number of hydrogen-bond donors (Lipinski definition) is 3. The first-order valence-corrected chi connectivity index (χ1v) is 7.92. The molecule has 0 radical (unpaired) electrons. The number of aromatic amines is 1. The Labute approximate surface area is 122 Å². The zero-order valence-electron chi connectivity index (χ0n) is 11.3. The molecule has 0 atom stereocenters. The lowest BCUT2D eigenvalue weighted by molar-refractivity contribution is 0.0697. The van der Waals surface area contributed by atoms with Crippen LogP contribution in [-0.2, 0) is 22.2 Å². The molecular formula is C13H15N3O4S. The molecule has 0 unspecified atom stereocenters. The van der Waals surface area contributed by atoms with Gasteiger partial charge in [0.2, 0.25) is 10.0 Å². The topological polar surface area (TPSA) is 112 Å². The van der Waals surface area contributed by atoms with Gasteiger partial charge in [0.25, 0.3) is 0 Å². The first-order valence-electron chi connectivity index (χ1n) is 6.26. The summed E-state index contributed by atoms with van der Waals surface area (Å²) in [7, 11) is -3.60. The Kier molecular flexibility index (Phi) is 4.27. The third-order valence-electron chi connectivity index (χ3n) is 2.83. The number of nitrogens with one attached hydrogen (secondary N) is 2. The average Bonchev–Trinajstić information content (AvgIpc) is 2.85. The molecule has 1 aromatic heterocycles. The van der Waals surface area contributed by atoms with E-state index in [9.17, 15) is 13.2 Å². The van der Waals surface area contributed by atoms with Crippen LogP contribution in [0.25, 0.3) is 0 Å². The van der Waals surface area contributed by atoms with Gasteiger partial charge in [-0.05, 0) is 24.1 Å². The van der Waals surface area contributed by atoms with E-state index in [-0.39, 0.29) is 17.1 Å². The zero-order valence-corrected chi connectivity index (χ0v) is 12.1. The number of nitrogens with zero attached hydrogens (tertiary/aromatic N) is 1. The molecule has 0 bridgehead atoms. The van der Waals surface area contributed by atoms with Gasteiger partial charge in [-0.3, -0.25) is 9.82 Å². The molecule has 2 rings (SSSR count). The summed E-state index contributed by atoms with van der Waals surface area (Å²) in [5.41, 5.74) is 1.45. The number of carboxylic acid groups (broad SMARTS) is 1. The van der Waals surface area contributed by atoms with Gasteiger partial charge >= 0.3 is 5.97 Å². The third kappa shape index (κ3) is 4.06. The van der Waals surface area contributed by atoms with Crippen molar-refractivity contribution in [3.8, 4) is 0 Å². The normalized spacial score (nSPS) is 11.3. The number of rotatable bonds is 6. The van der Waals surface area contributed by atoms with Gasteiger partial charge in [-0.1, -0.05) is 19.1 Å². The summed E-state index contributed by atoms with van der Waals surface area (Å²) in [5, 5.41) is 15.4. The minimum Gasteiger partial charge on any atom is -0.478 e. The van der Waals surface area contributed by atoms with Crippen LogP contribution >= 0.6 is 0 Å². The standard InChI is InChI=1S/C13H15N3O4S/c1-2-11-7-12(15-14-11)16-21(19,20)8-9-3-5-10(6-4-9)13(17)18/h3-7H,2,8H2,1H3,(H,17,18)(H2,14,15,16). The zero-order chi connectivity index (χ0) is 15.5. The number of sulfonamides is 1. The summed E-state index contributed by atoms with van der Waals surface area (Å²) in [4.78, 5) is 10.7. The second-order valence-corrected chi connectivity index (χ2v) is 6.22. The van der Waals surface area contributed by atoms with Gasteiger partial charge in [-0.25, -0.2) is 13.2 Å². The quantitative estimate of drug-likeness (QED) is 0.750. The van der Waals surface area contributed by atoms with Crippen LogP contribution in [0.1, 0.15) is 28.5 Å². The lowest BCUT2D eigenvalue weighted by atomic mass is 10.1. The van der Waals surface area contributed by atoms with Crippen LogP contribution in [0.2, 0.25) is 0 Å². The van der Waals surface area contributed by atoms with E-state index in [2.05, 4.69) is 14.9 Å². The van der Waals surface area contributed by atoms with Crippen molar-refractivity contribution in [1.82, 2.24) is 10.2 Å². The summed E-state index contributed by atoms with van der Waals surface area (Å²) >= 11 is 0. The van der Waals surface area contributed by atoms with Gasteiger partial charge in [0.15, 0.2) is 5.82 Å². The highest BCUT2D eigenvalue weighted by Gasteiger charge is 2.14. The molecule has 0 saturated heterocycles. The van der Waals surface area contributed by atoms with Crippen molar-refractivity contribution in [2.45, 2.75) is 19.1 Å². The number of hydrogen-bond acceptors (Lipinski definition) is 4. The molecule has 0 fully saturated rings. The molecular weight excluding hydrogens is 294 g/mol. The number of aromatic nitrogens is 2. The van der Waals surface area contributed by atoms with Crippen molar-refractivity contribution in [1.29, 1.82) is 0 Å². The molecule has 0 spiro atoms. The summed E-state index contributed by atoms with van der Waals surface area (Å²) in [5.74, 6) is -1.05. The minimum absolute atomic E-state index is 0.115. The number of carboxylic acids is 1. The predicted molar refractivity (Wildman–Crippen MR) is 77.6 cm³/mol. The molecule has 21 heavy (non-hydrogen) atoms. The maximum Gasteiger partial charge on any atom is 0.335 e. The summed E-state index contributed by atoms with van der Waals surface area (Å²) in [6.07, 6.45) is 0.728. The fraction of sp³-hybridized carbons (Fsp3) is 0.231. The van der Waals surface area contributed by atoms with Gasteiger partial charge in [-0.15, -0.1) is 0 Å². The Bertz CT molecular complexity index is 735. The lowest BCUT2D eigenvalue weighted by Crippen LogP contribution is -2.15. The van der Waals surface area contributed by atoms with Crippen molar-refractivity contribution < 1.29 is 18.3 Å². The number of aryl methyl sites for hydroxylation is 1. The van der Waals surface area contributed by atoms with Gasteiger partial charge in [-0.2, -0.15) is 5.10 Å². The Morgan fingerprint density at radius 1 is 1.33 bits per heavy atom. The number of H-pyrrole nitrogens is 1. The number of carbonyl (C=O) groups is 1. The van der Waals surface area contributed by atoms with Crippen LogP contribution in [0.3, 0.4) is 0 Å². The smallest absolute Gasteiger partial charge is 0.335 e. The molecule has 3 N–H and O–H groups in total. The third-order valence-corrected chi connectivity index (χ3v) is 4.06. The first-order chi connectivity index (χ1) is 9.89. The van der Waals surface area contributed by atoms with E-state index < -0.39 is 16.0 Å². The van der Waals surface area contributed by atoms with E-state index >= 15 is 0 Å². The van der Waals surface area contributed by atoms with Crippen LogP contribution in [0.5, 0.6) is 0 Å². The van der Waals surface area contributed by atoms with Gasteiger partial charge < -0.3 is 5.11 Å². The van der Waals surface area contributed by atoms with Crippen LogP contribution in [0.4, 0.5) is 5.82 Å². The lowest BCUT2D eigenvalue weighted by Gasteiger charge is -2.05. The molecule has 7 nitrogen and oxygen atoms in total. The van der Waals surface area contributed by atoms with E-state index in [0.717, 1.165) is 12.1 Å².